The van der Waals surface area contributed by atoms with Crippen molar-refractivity contribution in [1.82, 2.24) is 4.90 Å². The van der Waals surface area contributed by atoms with Crippen LogP contribution in [0.15, 0.2) is 72.8 Å². The van der Waals surface area contributed by atoms with Gasteiger partial charge in [-0.3, -0.25) is 19.3 Å². The molecule has 2 heterocycles. The molecular weight excluding hydrogens is 526 g/mol. The number of imide groups is 1. The molecule has 2 amide bonds. The number of ketones is 1. The highest BCUT2D eigenvalue weighted by Crippen LogP contribution is 2.29. The molecule has 41 heavy (non-hydrogen) atoms. The van der Waals surface area contributed by atoms with Gasteiger partial charge in [-0.25, -0.2) is 9.69 Å². The molecule has 0 bridgehead atoms. The quantitative estimate of drug-likeness (QED) is 0.223. The second kappa shape index (κ2) is 12.2. The first kappa shape index (κ1) is 27.9. The number of para-hydroxylation sites is 1. The van der Waals surface area contributed by atoms with E-state index in [4.69, 9.17) is 14.2 Å². The van der Waals surface area contributed by atoms with Crippen molar-refractivity contribution in [3.05, 3.63) is 83.9 Å². The first-order valence-corrected chi connectivity index (χ1v) is 13.3. The van der Waals surface area contributed by atoms with Crippen molar-refractivity contribution in [3.63, 3.8) is 0 Å². The SMILES string of the molecule is COc1ccc(C(=O)COC(=O)c2ccc(N3C(=O)CC(N4CCN(c5ccccc5)CC4)C3=O)cc2)cc1OC. The molecule has 212 valence electrons. The molecule has 0 radical (unpaired) electrons. The maximum absolute atomic E-state index is 13.3. The minimum absolute atomic E-state index is 0.117. The van der Waals surface area contributed by atoms with Crippen LogP contribution in [-0.2, 0) is 14.3 Å². The first-order valence-electron chi connectivity index (χ1n) is 13.3. The molecule has 1 atom stereocenters. The second-order valence-electron chi connectivity index (χ2n) is 9.76. The topological polar surface area (TPSA) is 106 Å². The number of benzene rings is 3. The maximum atomic E-state index is 13.3. The summed E-state index contributed by atoms with van der Waals surface area (Å²) >= 11 is 0. The summed E-state index contributed by atoms with van der Waals surface area (Å²) < 4.78 is 15.6. The molecule has 0 aromatic heterocycles. The van der Waals surface area contributed by atoms with Crippen LogP contribution < -0.4 is 19.3 Å². The van der Waals surface area contributed by atoms with Gasteiger partial charge in [-0.2, -0.15) is 0 Å². The van der Waals surface area contributed by atoms with Crippen molar-refractivity contribution in [2.45, 2.75) is 12.5 Å². The van der Waals surface area contributed by atoms with Gasteiger partial charge in [0.05, 0.1) is 37.9 Å². The van der Waals surface area contributed by atoms with Gasteiger partial charge in [-0.15, -0.1) is 0 Å². The number of hydrogen-bond donors (Lipinski definition) is 0. The van der Waals surface area contributed by atoms with Gasteiger partial charge in [0, 0.05) is 37.4 Å². The number of esters is 1. The number of piperazine rings is 1. The monoisotopic (exact) mass is 557 g/mol. The summed E-state index contributed by atoms with van der Waals surface area (Å²) in [6, 6.07) is 20.3. The maximum Gasteiger partial charge on any atom is 0.338 e. The number of methoxy groups -OCH3 is 2. The zero-order valence-electron chi connectivity index (χ0n) is 22.9. The molecule has 5 rings (SSSR count). The van der Waals surface area contributed by atoms with Crippen LogP contribution in [-0.4, -0.2) is 81.5 Å². The van der Waals surface area contributed by atoms with Crippen LogP contribution in [0.25, 0.3) is 0 Å². The fourth-order valence-electron chi connectivity index (χ4n) is 5.16. The minimum atomic E-state index is -0.696. The van der Waals surface area contributed by atoms with E-state index in [1.54, 1.807) is 12.1 Å². The summed E-state index contributed by atoms with van der Waals surface area (Å²) in [4.78, 5) is 56.8. The average Bonchev–Trinajstić information content (AvgIpc) is 3.32. The number of carbonyl (C=O) groups excluding carboxylic acids is 4. The van der Waals surface area contributed by atoms with Gasteiger partial charge in [0.2, 0.25) is 5.91 Å². The van der Waals surface area contributed by atoms with E-state index in [9.17, 15) is 19.2 Å². The second-order valence-corrected chi connectivity index (χ2v) is 9.76. The number of carbonyl (C=O) groups is 4. The normalized spacial score (nSPS) is 17.5. The Morgan fingerprint density at radius 3 is 2.10 bits per heavy atom. The Labute approximate surface area is 238 Å². The van der Waals surface area contributed by atoms with Crippen molar-refractivity contribution in [3.8, 4) is 11.5 Å². The summed E-state index contributed by atoms with van der Waals surface area (Å²) in [5.74, 6) is -0.769. The molecule has 3 aromatic carbocycles. The molecule has 10 nitrogen and oxygen atoms in total. The largest absolute Gasteiger partial charge is 0.493 e. The van der Waals surface area contributed by atoms with E-state index in [0.29, 0.717) is 35.8 Å². The Morgan fingerprint density at radius 1 is 0.780 bits per heavy atom. The van der Waals surface area contributed by atoms with E-state index >= 15 is 0 Å². The van der Waals surface area contributed by atoms with Crippen molar-refractivity contribution in [2.24, 2.45) is 0 Å². The van der Waals surface area contributed by atoms with Gasteiger partial charge >= 0.3 is 5.97 Å². The standard InChI is InChI=1S/C31H31N3O7/c1-39-27-13-10-22(18-28(27)40-2)26(35)20-41-31(38)21-8-11-24(12-9-21)34-29(36)19-25(30(34)37)33-16-14-32(15-17-33)23-6-4-3-5-7-23/h3-13,18,25H,14-17,19-20H2,1-2H3. The molecule has 0 aliphatic carbocycles. The van der Waals surface area contributed by atoms with Gasteiger partial charge in [0.25, 0.3) is 5.91 Å². The molecule has 0 saturated carbocycles. The number of amides is 2. The minimum Gasteiger partial charge on any atom is -0.493 e. The third-order valence-corrected chi connectivity index (χ3v) is 7.40. The van der Waals surface area contributed by atoms with E-state index < -0.39 is 24.4 Å². The van der Waals surface area contributed by atoms with Crippen molar-refractivity contribution in [1.29, 1.82) is 0 Å². The number of ether oxygens (including phenoxy) is 3. The third kappa shape index (κ3) is 5.92. The number of anilines is 2. The van der Waals surface area contributed by atoms with Crippen LogP contribution in [0.2, 0.25) is 0 Å². The fourth-order valence-corrected chi connectivity index (χ4v) is 5.16. The van der Waals surface area contributed by atoms with Crippen LogP contribution in [0.5, 0.6) is 11.5 Å². The highest BCUT2D eigenvalue weighted by Gasteiger charge is 2.43. The number of Topliss-reactive ketones (excluding diaryl/α,β-unsaturated/α-hetero) is 1. The van der Waals surface area contributed by atoms with Crippen molar-refractivity contribution < 1.29 is 33.4 Å². The predicted molar refractivity (Wildman–Crippen MR) is 152 cm³/mol. The van der Waals surface area contributed by atoms with Crippen LogP contribution in [0.4, 0.5) is 11.4 Å². The molecule has 3 aromatic rings. The molecule has 2 saturated heterocycles. The Hall–Kier alpha value is -4.70. The highest BCUT2D eigenvalue weighted by molar-refractivity contribution is 6.22. The lowest BCUT2D eigenvalue weighted by Crippen LogP contribution is -2.52. The molecule has 1 unspecified atom stereocenters. The van der Waals surface area contributed by atoms with Gasteiger partial charge in [0.1, 0.15) is 0 Å². The number of hydrogen-bond acceptors (Lipinski definition) is 9. The Kier molecular flexibility index (Phi) is 8.30. The molecule has 0 spiro atoms. The van der Waals surface area contributed by atoms with Crippen LogP contribution in [0.3, 0.4) is 0 Å². The van der Waals surface area contributed by atoms with Gasteiger partial charge in [-0.1, -0.05) is 18.2 Å². The van der Waals surface area contributed by atoms with Gasteiger partial charge < -0.3 is 19.1 Å². The van der Waals surface area contributed by atoms with Crippen molar-refractivity contribution in [2.75, 3.05) is 56.8 Å². The Balaban J connectivity index is 1.17. The summed E-state index contributed by atoms with van der Waals surface area (Å²) in [6.07, 6.45) is 0.117. The number of nitrogens with zero attached hydrogens (tertiary/aromatic N) is 3. The van der Waals surface area contributed by atoms with Crippen molar-refractivity contribution >= 4 is 34.9 Å². The summed E-state index contributed by atoms with van der Waals surface area (Å²) in [5.41, 5.74) is 2.05. The molecular formula is C31H31N3O7. The fraction of sp³-hybridized carbons (Fsp3) is 0.290. The summed E-state index contributed by atoms with van der Waals surface area (Å²) in [6.45, 7) is 2.44. The van der Waals surface area contributed by atoms with Crippen LogP contribution in [0, 0.1) is 0 Å². The Morgan fingerprint density at radius 2 is 1.44 bits per heavy atom. The third-order valence-electron chi connectivity index (χ3n) is 7.40. The van der Waals surface area contributed by atoms with Gasteiger partial charge in [-0.05, 0) is 54.6 Å². The van der Waals surface area contributed by atoms with E-state index in [2.05, 4.69) is 21.9 Å². The smallest absolute Gasteiger partial charge is 0.338 e. The zero-order valence-corrected chi connectivity index (χ0v) is 22.9. The lowest BCUT2D eigenvalue weighted by atomic mass is 10.1. The molecule has 10 heteroatoms. The molecule has 2 fully saturated rings. The van der Waals surface area contributed by atoms with Gasteiger partial charge in [0.15, 0.2) is 23.9 Å². The Bertz CT molecular complexity index is 1430. The lowest BCUT2D eigenvalue weighted by Gasteiger charge is -2.38. The van der Waals surface area contributed by atoms with E-state index in [-0.39, 0.29) is 23.8 Å². The van der Waals surface area contributed by atoms with E-state index in [1.807, 2.05) is 18.2 Å². The highest BCUT2D eigenvalue weighted by atomic mass is 16.5. The summed E-state index contributed by atoms with van der Waals surface area (Å²) in [7, 11) is 2.96. The van der Waals surface area contributed by atoms with E-state index in [1.165, 1.54) is 49.5 Å². The van der Waals surface area contributed by atoms with Crippen LogP contribution in [0.1, 0.15) is 27.1 Å². The molecule has 2 aliphatic heterocycles. The number of rotatable bonds is 9. The lowest BCUT2D eigenvalue weighted by molar-refractivity contribution is -0.123. The van der Waals surface area contributed by atoms with Crippen LogP contribution >= 0.6 is 0 Å². The predicted octanol–water partition coefficient (Wildman–Crippen LogP) is 3.20. The average molecular weight is 558 g/mol. The first-order chi connectivity index (χ1) is 19.9. The zero-order chi connectivity index (χ0) is 28.9. The molecule has 0 N–H and O–H groups in total. The van der Waals surface area contributed by atoms with E-state index in [0.717, 1.165) is 18.8 Å². The molecule has 2 aliphatic rings. The summed E-state index contributed by atoms with van der Waals surface area (Å²) in [5, 5.41) is 0.